The third-order valence-corrected chi connectivity index (χ3v) is 5.50. The molecule has 7 heteroatoms. The number of nitrogens with one attached hydrogen (secondary N) is 2. The predicted octanol–water partition coefficient (Wildman–Crippen LogP) is 2.84. The van der Waals surface area contributed by atoms with Gasteiger partial charge in [0, 0.05) is 10.6 Å². The first kappa shape index (κ1) is 15.9. The molecule has 1 heterocycles. The van der Waals surface area contributed by atoms with Crippen molar-refractivity contribution >= 4 is 27.0 Å². The second-order valence-electron chi connectivity index (χ2n) is 4.77. The van der Waals surface area contributed by atoms with Crippen molar-refractivity contribution in [2.45, 2.75) is 31.7 Å². The van der Waals surface area contributed by atoms with E-state index in [1.807, 2.05) is 13.8 Å². The minimum Gasteiger partial charge on any atom is -0.377 e. The lowest BCUT2D eigenvalue weighted by molar-refractivity contribution is 0.588. The van der Waals surface area contributed by atoms with Gasteiger partial charge in [0.15, 0.2) is 0 Å². The molecule has 0 amide bonds. The molecule has 21 heavy (non-hydrogen) atoms. The SMILES string of the molecule is CNS(=O)(=O)c1ccc(NC(C)c2nc(C)sc2C)cc1. The monoisotopic (exact) mass is 325 g/mol. The second kappa shape index (κ2) is 6.13. The zero-order chi connectivity index (χ0) is 15.6. The molecular formula is C14H19N3O2S2. The van der Waals surface area contributed by atoms with Crippen LogP contribution in [0.1, 0.15) is 28.5 Å². The average Bonchev–Trinajstić information content (AvgIpc) is 2.78. The molecule has 0 fully saturated rings. The van der Waals surface area contributed by atoms with Crippen molar-refractivity contribution in [1.82, 2.24) is 9.71 Å². The van der Waals surface area contributed by atoms with Gasteiger partial charge in [0.1, 0.15) is 0 Å². The molecule has 0 spiro atoms. The van der Waals surface area contributed by atoms with Crippen LogP contribution in [0, 0.1) is 13.8 Å². The standard InChI is InChI=1S/C14H19N3O2S2/c1-9(14-10(2)20-11(3)17-14)16-12-5-7-13(8-6-12)21(18,19)15-4/h5-9,15-16H,1-4H3. The Labute approximate surface area is 129 Å². The van der Waals surface area contributed by atoms with Crippen molar-refractivity contribution in [3.05, 3.63) is 39.8 Å². The molecule has 1 atom stereocenters. The Morgan fingerprint density at radius 2 is 1.81 bits per heavy atom. The summed E-state index contributed by atoms with van der Waals surface area (Å²) in [6, 6.07) is 6.76. The van der Waals surface area contributed by atoms with Crippen molar-refractivity contribution < 1.29 is 8.42 Å². The molecule has 1 aromatic carbocycles. The average molecular weight is 325 g/mol. The second-order valence-corrected chi connectivity index (χ2v) is 8.07. The Morgan fingerprint density at radius 1 is 1.19 bits per heavy atom. The molecule has 0 aliphatic carbocycles. The van der Waals surface area contributed by atoms with Crippen molar-refractivity contribution in [1.29, 1.82) is 0 Å². The van der Waals surface area contributed by atoms with Crippen LogP contribution in [-0.4, -0.2) is 20.4 Å². The zero-order valence-corrected chi connectivity index (χ0v) is 14.1. The van der Waals surface area contributed by atoms with Crippen LogP contribution < -0.4 is 10.0 Å². The van der Waals surface area contributed by atoms with E-state index in [1.54, 1.807) is 35.6 Å². The molecule has 0 bridgehead atoms. The molecular weight excluding hydrogens is 306 g/mol. The minimum atomic E-state index is -3.39. The highest BCUT2D eigenvalue weighted by Gasteiger charge is 2.14. The molecule has 0 saturated carbocycles. The zero-order valence-electron chi connectivity index (χ0n) is 12.5. The Morgan fingerprint density at radius 3 is 2.29 bits per heavy atom. The molecule has 0 radical (unpaired) electrons. The number of hydrogen-bond donors (Lipinski definition) is 2. The highest BCUT2D eigenvalue weighted by Crippen LogP contribution is 2.25. The summed E-state index contributed by atoms with van der Waals surface area (Å²) in [6.45, 7) is 6.09. The van der Waals surface area contributed by atoms with Gasteiger partial charge in [-0.05, 0) is 52.1 Å². The maximum Gasteiger partial charge on any atom is 0.240 e. The number of benzene rings is 1. The summed E-state index contributed by atoms with van der Waals surface area (Å²) in [5, 5.41) is 4.39. The first-order valence-corrected chi connectivity index (χ1v) is 8.87. The van der Waals surface area contributed by atoms with Crippen molar-refractivity contribution in [3.63, 3.8) is 0 Å². The summed E-state index contributed by atoms with van der Waals surface area (Å²) in [5.74, 6) is 0. The van der Waals surface area contributed by atoms with E-state index in [9.17, 15) is 8.42 Å². The number of nitrogens with zero attached hydrogens (tertiary/aromatic N) is 1. The van der Waals surface area contributed by atoms with Gasteiger partial charge in [-0.2, -0.15) is 0 Å². The van der Waals surface area contributed by atoms with E-state index in [0.717, 1.165) is 16.4 Å². The molecule has 0 aliphatic rings. The summed E-state index contributed by atoms with van der Waals surface area (Å²) < 4.78 is 25.6. The van der Waals surface area contributed by atoms with E-state index in [1.165, 1.54) is 11.9 Å². The van der Waals surface area contributed by atoms with Crippen LogP contribution in [0.2, 0.25) is 0 Å². The number of hydrogen-bond acceptors (Lipinski definition) is 5. The van der Waals surface area contributed by atoms with Crippen LogP contribution in [0.15, 0.2) is 29.2 Å². The van der Waals surface area contributed by atoms with Gasteiger partial charge in [-0.1, -0.05) is 0 Å². The van der Waals surface area contributed by atoms with Gasteiger partial charge in [-0.15, -0.1) is 11.3 Å². The fourth-order valence-corrected chi connectivity index (χ4v) is 3.76. The Kier molecular flexibility index (Phi) is 4.65. The van der Waals surface area contributed by atoms with Gasteiger partial charge in [0.25, 0.3) is 0 Å². The van der Waals surface area contributed by atoms with Crippen molar-refractivity contribution in [3.8, 4) is 0 Å². The van der Waals surface area contributed by atoms with Gasteiger partial charge < -0.3 is 5.32 Å². The number of aryl methyl sites for hydroxylation is 2. The van der Waals surface area contributed by atoms with Gasteiger partial charge in [0.05, 0.1) is 21.6 Å². The number of anilines is 1. The van der Waals surface area contributed by atoms with Gasteiger partial charge in [-0.3, -0.25) is 0 Å². The van der Waals surface area contributed by atoms with E-state index >= 15 is 0 Å². The predicted molar refractivity (Wildman–Crippen MR) is 86.3 cm³/mol. The highest BCUT2D eigenvalue weighted by molar-refractivity contribution is 7.89. The van der Waals surface area contributed by atoms with E-state index in [2.05, 4.69) is 21.9 Å². The Bertz CT molecular complexity index is 721. The fraction of sp³-hybridized carbons (Fsp3) is 0.357. The summed E-state index contributed by atoms with van der Waals surface area (Å²) in [5.41, 5.74) is 1.90. The first-order chi connectivity index (χ1) is 9.83. The van der Waals surface area contributed by atoms with Gasteiger partial charge in [-0.25, -0.2) is 18.1 Å². The number of rotatable bonds is 5. The molecule has 0 aliphatic heterocycles. The largest absolute Gasteiger partial charge is 0.377 e. The molecule has 2 aromatic rings. The number of thiazole rings is 1. The summed E-state index contributed by atoms with van der Waals surface area (Å²) in [7, 11) is -1.99. The lowest BCUT2D eigenvalue weighted by Gasteiger charge is -2.14. The molecule has 114 valence electrons. The lowest BCUT2D eigenvalue weighted by atomic mass is 10.2. The number of aromatic nitrogens is 1. The van der Waals surface area contributed by atoms with Crippen LogP contribution in [0.4, 0.5) is 5.69 Å². The number of sulfonamides is 1. The quantitative estimate of drug-likeness (QED) is 0.887. The van der Waals surface area contributed by atoms with Crippen LogP contribution in [0.25, 0.3) is 0 Å². The molecule has 2 N–H and O–H groups in total. The van der Waals surface area contributed by atoms with E-state index < -0.39 is 10.0 Å². The molecule has 0 saturated heterocycles. The van der Waals surface area contributed by atoms with Gasteiger partial charge >= 0.3 is 0 Å². The molecule has 1 aromatic heterocycles. The normalized spacial score (nSPS) is 13.1. The Balaban J connectivity index is 2.15. The first-order valence-electron chi connectivity index (χ1n) is 6.57. The van der Waals surface area contributed by atoms with Crippen LogP contribution >= 0.6 is 11.3 Å². The van der Waals surface area contributed by atoms with Crippen molar-refractivity contribution in [2.75, 3.05) is 12.4 Å². The van der Waals surface area contributed by atoms with Crippen LogP contribution in [-0.2, 0) is 10.0 Å². The third kappa shape index (κ3) is 3.61. The van der Waals surface area contributed by atoms with E-state index in [-0.39, 0.29) is 10.9 Å². The minimum absolute atomic E-state index is 0.0710. The topological polar surface area (TPSA) is 71.1 Å². The maximum absolute atomic E-state index is 11.7. The smallest absolute Gasteiger partial charge is 0.240 e. The van der Waals surface area contributed by atoms with Crippen molar-refractivity contribution in [2.24, 2.45) is 0 Å². The highest BCUT2D eigenvalue weighted by atomic mass is 32.2. The summed E-state index contributed by atoms with van der Waals surface area (Å²) >= 11 is 1.68. The van der Waals surface area contributed by atoms with Crippen LogP contribution in [0.5, 0.6) is 0 Å². The van der Waals surface area contributed by atoms with E-state index in [0.29, 0.717) is 0 Å². The molecule has 1 unspecified atom stereocenters. The fourth-order valence-electron chi connectivity index (χ4n) is 2.11. The maximum atomic E-state index is 11.7. The summed E-state index contributed by atoms with van der Waals surface area (Å²) in [6.07, 6.45) is 0. The molecule has 2 rings (SSSR count). The van der Waals surface area contributed by atoms with Crippen LogP contribution in [0.3, 0.4) is 0 Å². The summed E-state index contributed by atoms with van der Waals surface area (Å²) in [4.78, 5) is 5.98. The molecule has 5 nitrogen and oxygen atoms in total. The van der Waals surface area contributed by atoms with Gasteiger partial charge in [0.2, 0.25) is 10.0 Å². The third-order valence-electron chi connectivity index (χ3n) is 3.17. The Hall–Kier alpha value is -1.44. The lowest BCUT2D eigenvalue weighted by Crippen LogP contribution is -2.18. The van der Waals surface area contributed by atoms with E-state index in [4.69, 9.17) is 0 Å².